The van der Waals surface area contributed by atoms with Crippen molar-refractivity contribution in [2.45, 2.75) is 56.3 Å². The van der Waals surface area contributed by atoms with E-state index in [2.05, 4.69) is 61.1 Å². The lowest BCUT2D eigenvalue weighted by Gasteiger charge is -2.62. The predicted octanol–water partition coefficient (Wildman–Crippen LogP) is 4.32. The van der Waals surface area contributed by atoms with E-state index in [0.29, 0.717) is 6.42 Å². The second-order valence-corrected chi connectivity index (χ2v) is 10.9. The summed E-state index contributed by atoms with van der Waals surface area (Å²) in [5.74, 6) is 0.982. The number of likely N-dealkylation sites (N-methyl/N-ethyl adjacent to an activating group) is 1. The summed E-state index contributed by atoms with van der Waals surface area (Å²) >= 11 is 0. The van der Waals surface area contributed by atoms with Crippen LogP contribution in [0.15, 0.2) is 42.6 Å². The van der Waals surface area contributed by atoms with Crippen molar-refractivity contribution >= 4 is 21.8 Å². The number of nitrogens with zero attached hydrogens (tertiary/aromatic N) is 3. The highest BCUT2D eigenvalue weighted by atomic mass is 16.5. The van der Waals surface area contributed by atoms with E-state index in [1.54, 1.807) is 0 Å². The average Bonchev–Trinajstić information content (AvgIpc) is 3.20. The molecule has 2 aromatic carbocycles. The van der Waals surface area contributed by atoms with Gasteiger partial charge in [-0.1, -0.05) is 18.2 Å². The normalized spacial score (nSPS) is 30.8. The highest BCUT2D eigenvalue weighted by molar-refractivity contribution is 6.05. The summed E-state index contributed by atoms with van der Waals surface area (Å²) in [7, 11) is 2.17. The molecule has 1 fully saturated rings. The van der Waals surface area contributed by atoms with Gasteiger partial charge in [0.05, 0.1) is 27.7 Å². The highest BCUT2D eigenvalue weighted by Crippen LogP contribution is 2.67. The number of ether oxygens (including phenoxy) is 1. The molecule has 0 amide bonds. The summed E-state index contributed by atoms with van der Waals surface area (Å²) in [6.07, 6.45) is 3.91. The maximum Gasteiger partial charge on any atom is 0.153 e. The second-order valence-electron chi connectivity index (χ2n) is 10.9. The van der Waals surface area contributed by atoms with Gasteiger partial charge in [-0.2, -0.15) is 0 Å². The van der Waals surface area contributed by atoms with Crippen LogP contribution >= 0.6 is 0 Å². The largest absolute Gasteiger partial charge is 0.482 e. The Labute approximate surface area is 198 Å². The Balaban J connectivity index is 1.50. The van der Waals surface area contributed by atoms with E-state index >= 15 is 0 Å². The lowest BCUT2D eigenvalue weighted by Crippen LogP contribution is -2.74. The zero-order chi connectivity index (χ0) is 23.0. The SMILES string of the molecule is Cc1ccc2c3c1O[C@H]1c4nc5c(ccc6ncccc65)c(C)c4C[C@@]4(O)[C@H](C2)N(C)CC[C@]314. The van der Waals surface area contributed by atoms with Gasteiger partial charge >= 0.3 is 0 Å². The third kappa shape index (κ3) is 1.95. The van der Waals surface area contributed by atoms with Gasteiger partial charge in [-0.25, -0.2) is 4.98 Å². The number of benzene rings is 2. The lowest BCUT2D eigenvalue weighted by molar-refractivity contribution is -0.168. The molecule has 2 aliphatic heterocycles. The number of pyridine rings is 2. The van der Waals surface area contributed by atoms with E-state index in [1.807, 2.05) is 12.3 Å². The Hall–Kier alpha value is -3.02. The molecular formula is C29H27N3O2. The maximum atomic E-state index is 12.7. The molecule has 4 aromatic rings. The molecular weight excluding hydrogens is 422 g/mol. The molecule has 170 valence electrons. The van der Waals surface area contributed by atoms with E-state index in [4.69, 9.17) is 9.72 Å². The predicted molar refractivity (Wildman–Crippen MR) is 131 cm³/mol. The van der Waals surface area contributed by atoms with Crippen LogP contribution in [0, 0.1) is 13.8 Å². The summed E-state index contributed by atoms with van der Waals surface area (Å²) < 4.78 is 6.90. The van der Waals surface area contributed by atoms with Crippen molar-refractivity contribution in [3.63, 3.8) is 0 Å². The fourth-order valence-electron chi connectivity index (χ4n) is 7.88. The van der Waals surface area contributed by atoms with Gasteiger partial charge in [-0.3, -0.25) is 4.98 Å². The van der Waals surface area contributed by atoms with Gasteiger partial charge in [0, 0.05) is 35.0 Å². The smallest absolute Gasteiger partial charge is 0.153 e. The lowest BCUT2D eigenvalue weighted by atomic mass is 9.48. The molecule has 0 unspecified atom stereocenters. The third-order valence-corrected chi connectivity index (χ3v) is 9.55. The molecule has 4 aliphatic rings. The van der Waals surface area contributed by atoms with Crippen LogP contribution in [-0.4, -0.2) is 45.2 Å². The van der Waals surface area contributed by atoms with Crippen molar-refractivity contribution in [1.82, 2.24) is 14.9 Å². The Bertz CT molecular complexity index is 1580. The Kier molecular flexibility index (Phi) is 3.39. The average molecular weight is 450 g/mol. The summed E-state index contributed by atoms with van der Waals surface area (Å²) in [5.41, 5.74) is 7.72. The van der Waals surface area contributed by atoms with Crippen LogP contribution in [0.2, 0.25) is 0 Å². The molecule has 1 spiro atoms. The van der Waals surface area contributed by atoms with Crippen LogP contribution in [-0.2, 0) is 18.3 Å². The molecule has 0 radical (unpaired) electrons. The van der Waals surface area contributed by atoms with Gasteiger partial charge in [0.2, 0.25) is 0 Å². The Morgan fingerprint density at radius 3 is 2.88 bits per heavy atom. The Morgan fingerprint density at radius 1 is 1.12 bits per heavy atom. The number of aryl methyl sites for hydroxylation is 2. The number of likely N-dealkylation sites (tertiary alicyclic amines) is 1. The number of aromatic nitrogens is 2. The van der Waals surface area contributed by atoms with Crippen molar-refractivity contribution < 1.29 is 9.84 Å². The molecule has 5 nitrogen and oxygen atoms in total. The first kappa shape index (κ1) is 19.3. The highest BCUT2D eigenvalue weighted by Gasteiger charge is 2.72. The second kappa shape index (κ2) is 5.96. The van der Waals surface area contributed by atoms with Crippen LogP contribution in [0.5, 0.6) is 5.75 Å². The molecule has 2 aromatic heterocycles. The van der Waals surface area contributed by atoms with Crippen molar-refractivity contribution in [3.05, 3.63) is 76.1 Å². The van der Waals surface area contributed by atoms with Crippen molar-refractivity contribution in [2.24, 2.45) is 0 Å². The molecule has 5 heteroatoms. The molecule has 8 rings (SSSR count). The van der Waals surface area contributed by atoms with Crippen LogP contribution in [0.3, 0.4) is 0 Å². The van der Waals surface area contributed by atoms with Gasteiger partial charge in [-0.15, -0.1) is 0 Å². The van der Waals surface area contributed by atoms with Crippen LogP contribution in [0.25, 0.3) is 21.8 Å². The first-order chi connectivity index (χ1) is 16.4. The zero-order valence-electron chi connectivity index (χ0n) is 19.7. The van der Waals surface area contributed by atoms with E-state index in [-0.39, 0.29) is 12.1 Å². The van der Waals surface area contributed by atoms with Crippen molar-refractivity contribution in [2.75, 3.05) is 13.6 Å². The van der Waals surface area contributed by atoms with Crippen LogP contribution < -0.4 is 4.74 Å². The monoisotopic (exact) mass is 449 g/mol. The standard InChI is InChI=1S/C29H27N3O2/c1-15-6-7-17-13-22-29(33)14-20-16(2)18-8-9-21-19(5-4-11-30-21)24(18)31-25(20)27-28(29,10-12-32(22)3)23(17)26(15)34-27/h4-9,11,22,27,33H,10,12-14H2,1-3H3/t22-,27-,28-,29+/m0/s1. The van der Waals surface area contributed by atoms with E-state index in [1.165, 1.54) is 16.7 Å². The van der Waals surface area contributed by atoms with Gasteiger partial charge < -0.3 is 14.7 Å². The minimum absolute atomic E-state index is 0.0672. The summed E-state index contributed by atoms with van der Waals surface area (Å²) in [6.45, 7) is 5.27. The minimum Gasteiger partial charge on any atom is -0.482 e. The van der Waals surface area contributed by atoms with E-state index in [9.17, 15) is 5.11 Å². The quantitative estimate of drug-likeness (QED) is 0.405. The van der Waals surface area contributed by atoms with Gasteiger partial charge in [0.1, 0.15) is 5.75 Å². The molecule has 2 aliphatic carbocycles. The zero-order valence-corrected chi connectivity index (χ0v) is 19.7. The van der Waals surface area contributed by atoms with Crippen molar-refractivity contribution in [3.8, 4) is 5.75 Å². The Morgan fingerprint density at radius 2 is 2.00 bits per heavy atom. The first-order valence-electron chi connectivity index (χ1n) is 12.3. The molecule has 1 N–H and O–H groups in total. The summed E-state index contributed by atoms with van der Waals surface area (Å²) in [4.78, 5) is 12.3. The number of hydrogen-bond acceptors (Lipinski definition) is 5. The van der Waals surface area contributed by atoms with E-state index in [0.717, 1.165) is 63.8 Å². The van der Waals surface area contributed by atoms with E-state index < -0.39 is 11.0 Å². The van der Waals surface area contributed by atoms with Crippen LogP contribution in [0.1, 0.15) is 46.0 Å². The minimum atomic E-state index is -0.887. The summed E-state index contributed by atoms with van der Waals surface area (Å²) in [6, 6.07) is 12.8. The number of aliphatic hydroxyl groups is 1. The van der Waals surface area contributed by atoms with Crippen LogP contribution in [0.4, 0.5) is 0 Å². The fourth-order valence-corrected chi connectivity index (χ4v) is 7.88. The number of rotatable bonds is 0. The van der Waals surface area contributed by atoms with Gasteiger partial charge in [0.15, 0.2) is 6.10 Å². The molecule has 4 atom stereocenters. The molecule has 1 saturated heterocycles. The molecule has 0 saturated carbocycles. The maximum absolute atomic E-state index is 12.7. The first-order valence-corrected chi connectivity index (χ1v) is 12.3. The molecule has 4 heterocycles. The number of fused-ring (bicyclic) bond motifs is 5. The topological polar surface area (TPSA) is 58.5 Å². The van der Waals surface area contributed by atoms with Crippen molar-refractivity contribution in [1.29, 1.82) is 0 Å². The fraction of sp³-hybridized carbons (Fsp3) is 0.379. The number of hydrogen-bond donors (Lipinski definition) is 1. The van der Waals surface area contributed by atoms with Gasteiger partial charge in [0.25, 0.3) is 0 Å². The van der Waals surface area contributed by atoms with Gasteiger partial charge in [-0.05, 0) is 80.7 Å². The summed E-state index contributed by atoms with van der Waals surface area (Å²) in [5, 5.41) is 14.9. The molecule has 34 heavy (non-hydrogen) atoms. The number of piperidine rings is 1. The molecule has 2 bridgehead atoms. The third-order valence-electron chi connectivity index (χ3n) is 9.55.